The molecule has 0 amide bonds. The van der Waals surface area contributed by atoms with Crippen molar-refractivity contribution in [3.05, 3.63) is 12.2 Å². The molecule has 2 rings (SSSR count). The van der Waals surface area contributed by atoms with Crippen molar-refractivity contribution in [3.63, 3.8) is 0 Å². The molecule has 1 fully saturated rings. The zero-order valence-electron chi connectivity index (χ0n) is 9.20. The van der Waals surface area contributed by atoms with E-state index in [2.05, 4.69) is 24.4 Å². The van der Waals surface area contributed by atoms with Gasteiger partial charge in [0.05, 0.1) is 6.10 Å². The zero-order valence-corrected chi connectivity index (χ0v) is 9.20. The van der Waals surface area contributed by atoms with Crippen LogP contribution in [-0.4, -0.2) is 26.3 Å². The summed E-state index contributed by atoms with van der Waals surface area (Å²) in [6.07, 6.45) is 7.96. The van der Waals surface area contributed by atoms with Gasteiger partial charge in [-0.25, -0.2) is 0 Å². The Morgan fingerprint density at radius 3 is 2.86 bits per heavy atom. The average molecular weight is 195 g/mol. The molecule has 0 aromatic heterocycles. The van der Waals surface area contributed by atoms with Gasteiger partial charge in [-0.3, -0.25) is 0 Å². The molecule has 0 aliphatic heterocycles. The van der Waals surface area contributed by atoms with Crippen molar-refractivity contribution in [3.8, 4) is 0 Å². The summed E-state index contributed by atoms with van der Waals surface area (Å²) in [4.78, 5) is 0. The number of nitrogens with one attached hydrogen (secondary N) is 1. The smallest absolute Gasteiger partial charge is 0.0667 e. The zero-order chi connectivity index (χ0) is 9.97. The molecule has 1 saturated carbocycles. The third-order valence-electron chi connectivity index (χ3n) is 3.66. The Kier molecular flexibility index (Phi) is 3.24. The van der Waals surface area contributed by atoms with Gasteiger partial charge in [0.1, 0.15) is 0 Å². The largest absolute Gasteiger partial charge is 0.380 e. The Labute approximate surface area is 86.7 Å². The number of hydrogen-bond donors (Lipinski definition) is 1. The molecule has 0 spiro atoms. The van der Waals surface area contributed by atoms with Gasteiger partial charge in [0.2, 0.25) is 0 Å². The molecule has 14 heavy (non-hydrogen) atoms. The highest BCUT2D eigenvalue weighted by atomic mass is 16.5. The minimum Gasteiger partial charge on any atom is -0.380 e. The van der Waals surface area contributed by atoms with Gasteiger partial charge in [-0.15, -0.1) is 0 Å². The van der Waals surface area contributed by atoms with E-state index in [-0.39, 0.29) is 0 Å². The molecular formula is C12H21NO. The lowest BCUT2D eigenvalue weighted by Crippen LogP contribution is -2.31. The van der Waals surface area contributed by atoms with Gasteiger partial charge >= 0.3 is 0 Å². The van der Waals surface area contributed by atoms with Crippen LogP contribution >= 0.6 is 0 Å². The Morgan fingerprint density at radius 2 is 2.29 bits per heavy atom. The lowest BCUT2D eigenvalue weighted by atomic mass is 9.93. The predicted molar refractivity (Wildman–Crippen MR) is 58.2 cm³/mol. The maximum atomic E-state index is 5.20. The van der Waals surface area contributed by atoms with Gasteiger partial charge in [-0.05, 0) is 44.1 Å². The normalized spacial score (nSPS) is 36.6. The van der Waals surface area contributed by atoms with Crippen LogP contribution in [-0.2, 0) is 4.74 Å². The van der Waals surface area contributed by atoms with Crippen molar-refractivity contribution in [2.45, 2.75) is 25.9 Å². The first-order valence-corrected chi connectivity index (χ1v) is 5.71. The van der Waals surface area contributed by atoms with E-state index >= 15 is 0 Å². The summed E-state index contributed by atoms with van der Waals surface area (Å²) in [5.41, 5.74) is 0. The molecule has 0 aromatic carbocycles. The first-order valence-electron chi connectivity index (χ1n) is 5.71. The summed E-state index contributed by atoms with van der Waals surface area (Å²) < 4.78 is 5.20. The van der Waals surface area contributed by atoms with Crippen molar-refractivity contribution in [2.75, 3.05) is 20.2 Å². The first-order chi connectivity index (χ1) is 6.79. The second kappa shape index (κ2) is 4.45. The highest BCUT2D eigenvalue weighted by Gasteiger charge is 2.34. The second-order valence-corrected chi connectivity index (χ2v) is 4.74. The molecule has 80 valence electrons. The van der Waals surface area contributed by atoms with Crippen LogP contribution in [0.4, 0.5) is 0 Å². The summed E-state index contributed by atoms with van der Waals surface area (Å²) >= 11 is 0. The Morgan fingerprint density at radius 1 is 1.43 bits per heavy atom. The Bertz CT molecular complexity index is 214. The van der Waals surface area contributed by atoms with Crippen molar-refractivity contribution >= 4 is 0 Å². The number of methoxy groups -OCH3 is 1. The van der Waals surface area contributed by atoms with Crippen LogP contribution < -0.4 is 5.32 Å². The summed E-state index contributed by atoms with van der Waals surface area (Å²) in [5, 5.41) is 3.50. The highest BCUT2D eigenvalue weighted by molar-refractivity contribution is 5.10. The molecule has 0 aromatic rings. The van der Waals surface area contributed by atoms with Gasteiger partial charge in [0.25, 0.3) is 0 Å². The first kappa shape index (κ1) is 10.2. The molecule has 1 N–H and O–H groups in total. The molecule has 4 unspecified atom stereocenters. The fraction of sp³-hybridized carbons (Fsp3) is 0.833. The molecule has 0 radical (unpaired) electrons. The second-order valence-electron chi connectivity index (χ2n) is 4.74. The van der Waals surface area contributed by atoms with Crippen LogP contribution in [0.1, 0.15) is 19.8 Å². The molecule has 2 bridgehead atoms. The van der Waals surface area contributed by atoms with Gasteiger partial charge in [0.15, 0.2) is 0 Å². The van der Waals surface area contributed by atoms with Crippen molar-refractivity contribution < 1.29 is 4.74 Å². The number of hydrogen-bond acceptors (Lipinski definition) is 2. The quantitative estimate of drug-likeness (QED) is 0.676. The molecule has 2 heteroatoms. The maximum Gasteiger partial charge on any atom is 0.0667 e. The summed E-state index contributed by atoms with van der Waals surface area (Å²) in [6.45, 7) is 4.25. The highest BCUT2D eigenvalue weighted by Crippen LogP contribution is 2.42. The summed E-state index contributed by atoms with van der Waals surface area (Å²) in [6, 6.07) is 0. The van der Waals surface area contributed by atoms with Crippen molar-refractivity contribution in [1.82, 2.24) is 5.32 Å². The molecule has 2 nitrogen and oxygen atoms in total. The maximum absolute atomic E-state index is 5.20. The van der Waals surface area contributed by atoms with Crippen molar-refractivity contribution in [2.24, 2.45) is 17.8 Å². The van der Waals surface area contributed by atoms with Gasteiger partial charge in [-0.2, -0.15) is 0 Å². The van der Waals surface area contributed by atoms with E-state index in [4.69, 9.17) is 4.74 Å². The fourth-order valence-corrected chi connectivity index (χ4v) is 2.68. The number of allylic oxidation sites excluding steroid dienone is 2. The van der Waals surface area contributed by atoms with E-state index in [1.165, 1.54) is 19.4 Å². The average Bonchev–Trinajstić information content (AvgIpc) is 2.79. The molecule has 0 saturated heterocycles. The number of ether oxygens (including phenoxy) is 1. The van der Waals surface area contributed by atoms with Crippen LogP contribution in [0.25, 0.3) is 0 Å². The minimum atomic E-state index is 0.337. The molecule has 2 aliphatic carbocycles. The minimum absolute atomic E-state index is 0.337. The van der Waals surface area contributed by atoms with E-state index in [9.17, 15) is 0 Å². The lowest BCUT2D eigenvalue weighted by molar-refractivity contribution is 0.116. The molecule has 2 aliphatic rings. The molecule has 4 atom stereocenters. The molecule has 0 heterocycles. The fourth-order valence-electron chi connectivity index (χ4n) is 2.68. The van der Waals surface area contributed by atoms with E-state index in [0.717, 1.165) is 24.3 Å². The predicted octanol–water partition coefficient (Wildman–Crippen LogP) is 1.82. The van der Waals surface area contributed by atoms with E-state index in [1.807, 2.05) is 0 Å². The van der Waals surface area contributed by atoms with Crippen LogP contribution in [0.5, 0.6) is 0 Å². The van der Waals surface area contributed by atoms with Crippen molar-refractivity contribution in [1.29, 1.82) is 0 Å². The Balaban J connectivity index is 1.65. The number of fused-ring (bicyclic) bond motifs is 2. The Hall–Kier alpha value is -0.340. The summed E-state index contributed by atoms with van der Waals surface area (Å²) in [7, 11) is 1.77. The van der Waals surface area contributed by atoms with E-state index in [0.29, 0.717) is 6.10 Å². The topological polar surface area (TPSA) is 21.3 Å². The van der Waals surface area contributed by atoms with Crippen LogP contribution in [0.3, 0.4) is 0 Å². The standard InChI is InChI=1S/C12H21NO/c1-9(14-2)7-13-8-12-6-10-3-4-11(12)5-10/h3-4,9-13H,5-8H2,1-2H3. The van der Waals surface area contributed by atoms with E-state index < -0.39 is 0 Å². The van der Waals surface area contributed by atoms with Gasteiger partial charge < -0.3 is 10.1 Å². The lowest BCUT2D eigenvalue weighted by Gasteiger charge is -2.19. The van der Waals surface area contributed by atoms with Crippen LogP contribution in [0, 0.1) is 17.8 Å². The van der Waals surface area contributed by atoms with E-state index in [1.54, 1.807) is 7.11 Å². The van der Waals surface area contributed by atoms with Gasteiger partial charge in [0, 0.05) is 13.7 Å². The number of rotatable bonds is 5. The van der Waals surface area contributed by atoms with Crippen LogP contribution in [0.15, 0.2) is 12.2 Å². The monoisotopic (exact) mass is 195 g/mol. The van der Waals surface area contributed by atoms with Gasteiger partial charge in [-0.1, -0.05) is 12.2 Å². The third kappa shape index (κ3) is 2.18. The van der Waals surface area contributed by atoms with Crippen LogP contribution in [0.2, 0.25) is 0 Å². The molecular weight excluding hydrogens is 174 g/mol. The summed E-state index contributed by atoms with van der Waals surface area (Å²) in [5.74, 6) is 2.64. The third-order valence-corrected chi connectivity index (χ3v) is 3.66. The SMILES string of the molecule is COC(C)CNCC1CC2C=CC1C2.